The number of thiazole rings is 2. The maximum absolute atomic E-state index is 12.3. The first kappa shape index (κ1) is 12.7. The number of amides is 1. The monoisotopic (exact) mass is 353 g/mol. The molecule has 0 aliphatic heterocycles. The average molecular weight is 354 g/mol. The van der Waals surface area contributed by atoms with E-state index in [1.807, 2.05) is 18.4 Å². The first-order chi connectivity index (χ1) is 9.13. The number of nitrogens with zero attached hydrogens (tertiary/aromatic N) is 2. The van der Waals surface area contributed by atoms with Crippen LogP contribution in [0, 0.1) is 6.92 Å². The van der Waals surface area contributed by atoms with Crippen molar-refractivity contribution in [3.05, 3.63) is 38.8 Å². The largest absolute Gasteiger partial charge is 0.298 e. The van der Waals surface area contributed by atoms with E-state index in [1.54, 1.807) is 11.6 Å². The quantitative estimate of drug-likeness (QED) is 0.755. The average Bonchev–Trinajstić information content (AvgIpc) is 2.96. The topological polar surface area (TPSA) is 54.9 Å². The number of fused-ring (bicyclic) bond motifs is 1. The Kier molecular flexibility index (Phi) is 3.34. The molecule has 4 nitrogen and oxygen atoms in total. The van der Waals surface area contributed by atoms with Gasteiger partial charge in [0, 0.05) is 9.85 Å². The number of hydrogen-bond acceptors (Lipinski definition) is 5. The van der Waals surface area contributed by atoms with E-state index in [0.29, 0.717) is 10.7 Å². The van der Waals surface area contributed by atoms with Crippen LogP contribution in [0.15, 0.2) is 27.5 Å². The van der Waals surface area contributed by atoms with Gasteiger partial charge in [-0.25, -0.2) is 9.97 Å². The van der Waals surface area contributed by atoms with E-state index >= 15 is 0 Å². The zero-order valence-electron chi connectivity index (χ0n) is 9.81. The normalized spacial score (nSPS) is 10.8. The van der Waals surface area contributed by atoms with Crippen LogP contribution >= 0.6 is 38.6 Å². The number of carbonyl (C=O) groups excluding carboxylic acids is 1. The van der Waals surface area contributed by atoms with E-state index in [4.69, 9.17) is 0 Å². The van der Waals surface area contributed by atoms with Crippen molar-refractivity contribution in [1.82, 2.24) is 9.97 Å². The van der Waals surface area contributed by atoms with Crippen LogP contribution in [0.25, 0.3) is 10.2 Å². The molecular formula is C12H8BrN3OS2. The molecule has 0 unspecified atom stereocenters. The fraction of sp³-hybridized carbons (Fsp3) is 0.0833. The molecule has 96 valence electrons. The van der Waals surface area contributed by atoms with Gasteiger partial charge in [0.1, 0.15) is 0 Å². The molecular weight excluding hydrogens is 346 g/mol. The van der Waals surface area contributed by atoms with Gasteiger partial charge in [0.25, 0.3) is 5.91 Å². The Balaban J connectivity index is 1.99. The zero-order valence-corrected chi connectivity index (χ0v) is 13.0. The van der Waals surface area contributed by atoms with Crippen LogP contribution in [-0.2, 0) is 0 Å². The minimum Gasteiger partial charge on any atom is -0.298 e. The standard InChI is InChI=1S/C12H8BrN3OS2/c1-6-4-18-12(15-6)16-11(17)8-2-7(13)3-9-10(8)14-5-19-9/h2-5H,1H3,(H,15,16,17). The molecule has 2 heterocycles. The molecule has 0 saturated heterocycles. The fourth-order valence-corrected chi connectivity index (χ4v) is 3.72. The molecule has 0 fully saturated rings. The highest BCUT2D eigenvalue weighted by molar-refractivity contribution is 9.10. The summed E-state index contributed by atoms with van der Waals surface area (Å²) in [5.74, 6) is -0.188. The minimum atomic E-state index is -0.188. The van der Waals surface area contributed by atoms with Gasteiger partial charge in [-0.3, -0.25) is 10.1 Å². The smallest absolute Gasteiger partial charge is 0.259 e. The van der Waals surface area contributed by atoms with Gasteiger partial charge in [0.2, 0.25) is 0 Å². The summed E-state index contributed by atoms with van der Waals surface area (Å²) in [5.41, 5.74) is 3.91. The maximum atomic E-state index is 12.3. The Hall–Kier alpha value is -1.31. The molecule has 0 spiro atoms. The third-order valence-corrected chi connectivity index (χ3v) is 4.59. The Morgan fingerprint density at radius 2 is 2.21 bits per heavy atom. The SMILES string of the molecule is Cc1csc(NC(=O)c2cc(Br)cc3scnc23)n1. The molecule has 7 heteroatoms. The molecule has 1 N–H and O–H groups in total. The van der Waals surface area contributed by atoms with Gasteiger partial charge in [0.15, 0.2) is 5.13 Å². The number of hydrogen-bond donors (Lipinski definition) is 1. The number of rotatable bonds is 2. The summed E-state index contributed by atoms with van der Waals surface area (Å²) >= 11 is 6.33. The Bertz CT molecular complexity index is 765. The lowest BCUT2D eigenvalue weighted by atomic mass is 10.2. The number of nitrogens with one attached hydrogen (secondary N) is 1. The van der Waals surface area contributed by atoms with Crippen molar-refractivity contribution in [2.24, 2.45) is 0 Å². The minimum absolute atomic E-state index is 0.188. The number of carbonyl (C=O) groups is 1. The molecule has 1 aromatic carbocycles. The van der Waals surface area contributed by atoms with Crippen LogP contribution in [-0.4, -0.2) is 15.9 Å². The summed E-state index contributed by atoms with van der Waals surface area (Å²) in [7, 11) is 0. The highest BCUT2D eigenvalue weighted by Gasteiger charge is 2.14. The van der Waals surface area contributed by atoms with Crippen molar-refractivity contribution in [3.8, 4) is 0 Å². The van der Waals surface area contributed by atoms with Gasteiger partial charge < -0.3 is 0 Å². The lowest BCUT2D eigenvalue weighted by Crippen LogP contribution is -2.12. The fourth-order valence-electron chi connectivity index (χ4n) is 1.68. The van der Waals surface area contributed by atoms with Crippen LogP contribution in [0.1, 0.15) is 16.1 Å². The Morgan fingerprint density at radius 1 is 1.37 bits per heavy atom. The van der Waals surface area contributed by atoms with Crippen LogP contribution in [0.4, 0.5) is 5.13 Å². The molecule has 1 amide bonds. The summed E-state index contributed by atoms with van der Waals surface area (Å²) in [6.07, 6.45) is 0. The lowest BCUT2D eigenvalue weighted by Gasteiger charge is -2.03. The third kappa shape index (κ3) is 2.54. The third-order valence-electron chi connectivity index (χ3n) is 2.49. The van der Waals surface area contributed by atoms with Gasteiger partial charge >= 0.3 is 0 Å². The van der Waals surface area contributed by atoms with Gasteiger partial charge in [-0.05, 0) is 19.1 Å². The summed E-state index contributed by atoms with van der Waals surface area (Å²) in [6, 6.07) is 3.73. The molecule has 0 aliphatic carbocycles. The number of halogens is 1. The van der Waals surface area contributed by atoms with Gasteiger partial charge in [-0.15, -0.1) is 22.7 Å². The number of aryl methyl sites for hydroxylation is 1. The van der Waals surface area contributed by atoms with Crippen molar-refractivity contribution < 1.29 is 4.79 Å². The highest BCUT2D eigenvalue weighted by atomic mass is 79.9. The molecule has 19 heavy (non-hydrogen) atoms. The molecule has 0 radical (unpaired) electrons. The Labute approximate surface area is 125 Å². The van der Waals surface area contributed by atoms with Gasteiger partial charge in [-0.2, -0.15) is 0 Å². The molecule has 0 bridgehead atoms. The zero-order chi connectivity index (χ0) is 13.4. The Morgan fingerprint density at radius 3 is 2.95 bits per heavy atom. The van der Waals surface area contributed by atoms with E-state index < -0.39 is 0 Å². The maximum Gasteiger partial charge on any atom is 0.259 e. The van der Waals surface area contributed by atoms with E-state index in [2.05, 4.69) is 31.2 Å². The lowest BCUT2D eigenvalue weighted by molar-refractivity contribution is 0.102. The van der Waals surface area contributed by atoms with Crippen molar-refractivity contribution in [2.75, 3.05) is 5.32 Å². The van der Waals surface area contributed by atoms with Gasteiger partial charge in [0.05, 0.1) is 27.0 Å². The van der Waals surface area contributed by atoms with Crippen molar-refractivity contribution in [2.45, 2.75) is 6.92 Å². The van der Waals surface area contributed by atoms with E-state index in [0.717, 1.165) is 20.4 Å². The van der Waals surface area contributed by atoms with E-state index in [-0.39, 0.29) is 5.91 Å². The second-order valence-corrected chi connectivity index (χ2v) is 6.56. The van der Waals surface area contributed by atoms with Crippen molar-refractivity contribution >= 4 is 59.9 Å². The second-order valence-electron chi connectivity index (χ2n) is 3.90. The first-order valence-electron chi connectivity index (χ1n) is 5.40. The highest BCUT2D eigenvalue weighted by Crippen LogP contribution is 2.27. The molecule has 2 aromatic heterocycles. The second kappa shape index (κ2) is 4.99. The molecule has 3 aromatic rings. The van der Waals surface area contributed by atoms with Crippen LogP contribution in [0.5, 0.6) is 0 Å². The summed E-state index contributed by atoms with van der Waals surface area (Å²) in [4.78, 5) is 20.8. The molecule has 3 rings (SSSR count). The van der Waals surface area contributed by atoms with Gasteiger partial charge in [-0.1, -0.05) is 15.9 Å². The molecule has 0 aliphatic rings. The number of anilines is 1. The van der Waals surface area contributed by atoms with Crippen LogP contribution < -0.4 is 5.32 Å². The predicted molar refractivity (Wildman–Crippen MR) is 82.1 cm³/mol. The molecule has 0 atom stereocenters. The summed E-state index contributed by atoms with van der Waals surface area (Å²) in [6.45, 7) is 1.89. The van der Waals surface area contributed by atoms with E-state index in [9.17, 15) is 4.79 Å². The van der Waals surface area contributed by atoms with Crippen LogP contribution in [0.3, 0.4) is 0 Å². The number of aromatic nitrogens is 2. The summed E-state index contributed by atoms with van der Waals surface area (Å²) < 4.78 is 1.85. The number of benzene rings is 1. The van der Waals surface area contributed by atoms with Crippen molar-refractivity contribution in [1.29, 1.82) is 0 Å². The molecule has 0 saturated carbocycles. The predicted octanol–water partition coefficient (Wildman–Crippen LogP) is 4.08. The van der Waals surface area contributed by atoms with Crippen LogP contribution in [0.2, 0.25) is 0 Å². The summed E-state index contributed by atoms with van der Waals surface area (Å²) in [5, 5.41) is 5.30. The van der Waals surface area contributed by atoms with E-state index in [1.165, 1.54) is 22.7 Å². The first-order valence-corrected chi connectivity index (χ1v) is 7.95. The van der Waals surface area contributed by atoms with Crippen molar-refractivity contribution in [3.63, 3.8) is 0 Å².